The van der Waals surface area contributed by atoms with Gasteiger partial charge in [-0.3, -0.25) is 4.72 Å². The van der Waals surface area contributed by atoms with Crippen LogP contribution in [0.15, 0.2) is 48.5 Å². The Balaban J connectivity index is 1.55. The molecule has 2 aromatic rings. The van der Waals surface area contributed by atoms with Gasteiger partial charge in [0, 0.05) is 31.9 Å². The standard InChI is InChI=1S/C19H24N4O4S/c1-16-7-5-10-18(20-16)21-28(25,26)23-12-6-11-22(13-14-23)19(24)27-15-17-8-3-2-4-9-17/h2-5,7-10H,6,11-15H2,1H3,(H,20,21). The third kappa shape index (κ3) is 5.43. The number of nitrogens with one attached hydrogen (secondary N) is 1. The quantitative estimate of drug-likeness (QED) is 0.826. The fraction of sp³-hybridized carbons (Fsp3) is 0.368. The fourth-order valence-electron chi connectivity index (χ4n) is 2.92. The van der Waals surface area contributed by atoms with Crippen LogP contribution >= 0.6 is 0 Å². The third-order valence-corrected chi connectivity index (χ3v) is 5.89. The zero-order valence-electron chi connectivity index (χ0n) is 15.7. The summed E-state index contributed by atoms with van der Waals surface area (Å²) in [6.45, 7) is 3.23. The first-order valence-electron chi connectivity index (χ1n) is 9.11. The Labute approximate surface area is 165 Å². The van der Waals surface area contributed by atoms with Gasteiger partial charge in [-0.25, -0.2) is 9.78 Å². The number of benzene rings is 1. The van der Waals surface area contributed by atoms with Gasteiger partial charge >= 0.3 is 16.3 Å². The number of anilines is 1. The third-order valence-electron chi connectivity index (χ3n) is 4.38. The highest BCUT2D eigenvalue weighted by Gasteiger charge is 2.27. The van der Waals surface area contributed by atoms with E-state index in [1.807, 2.05) is 30.3 Å². The lowest BCUT2D eigenvalue weighted by atomic mass is 10.2. The summed E-state index contributed by atoms with van der Waals surface area (Å²) in [4.78, 5) is 18.0. The first-order chi connectivity index (χ1) is 13.4. The average Bonchev–Trinajstić information content (AvgIpc) is 2.93. The lowest BCUT2D eigenvalue weighted by Crippen LogP contribution is -2.40. The molecule has 0 radical (unpaired) electrons. The van der Waals surface area contributed by atoms with Crippen molar-refractivity contribution in [1.82, 2.24) is 14.2 Å². The van der Waals surface area contributed by atoms with Crippen LogP contribution in [0.2, 0.25) is 0 Å². The number of hydrogen-bond donors (Lipinski definition) is 1. The lowest BCUT2D eigenvalue weighted by molar-refractivity contribution is 0.0980. The summed E-state index contributed by atoms with van der Waals surface area (Å²) < 4.78 is 34.5. The summed E-state index contributed by atoms with van der Waals surface area (Å²) >= 11 is 0. The van der Waals surface area contributed by atoms with Gasteiger partial charge < -0.3 is 9.64 Å². The summed E-state index contributed by atoms with van der Waals surface area (Å²) in [5.74, 6) is 0.281. The van der Waals surface area contributed by atoms with Crippen molar-refractivity contribution in [3.8, 4) is 0 Å². The van der Waals surface area contributed by atoms with Crippen LogP contribution < -0.4 is 4.72 Å². The molecular formula is C19H24N4O4S. The monoisotopic (exact) mass is 404 g/mol. The van der Waals surface area contributed by atoms with Crippen LogP contribution in [0.1, 0.15) is 17.7 Å². The molecule has 0 bridgehead atoms. The summed E-state index contributed by atoms with van der Waals surface area (Å²) in [7, 11) is -3.74. The lowest BCUT2D eigenvalue weighted by Gasteiger charge is -2.22. The minimum Gasteiger partial charge on any atom is -0.445 e. The topological polar surface area (TPSA) is 91.8 Å². The highest BCUT2D eigenvalue weighted by atomic mass is 32.2. The molecule has 9 heteroatoms. The minimum absolute atomic E-state index is 0.193. The molecule has 28 heavy (non-hydrogen) atoms. The molecule has 1 N–H and O–H groups in total. The first-order valence-corrected chi connectivity index (χ1v) is 10.6. The maximum absolute atomic E-state index is 12.6. The van der Waals surface area contributed by atoms with Crippen molar-refractivity contribution in [2.45, 2.75) is 20.0 Å². The Hall–Kier alpha value is -2.65. The molecule has 1 aliphatic rings. The maximum Gasteiger partial charge on any atom is 0.410 e. The molecule has 1 aromatic heterocycles. The summed E-state index contributed by atoms with van der Waals surface area (Å²) in [6.07, 6.45) is 0.0965. The molecule has 150 valence electrons. The van der Waals surface area contributed by atoms with E-state index in [1.165, 1.54) is 4.31 Å². The van der Waals surface area contributed by atoms with Gasteiger partial charge in [0.2, 0.25) is 0 Å². The number of ether oxygens (including phenoxy) is 1. The van der Waals surface area contributed by atoms with E-state index in [0.29, 0.717) is 19.5 Å². The molecule has 0 saturated carbocycles. The first kappa shape index (κ1) is 20.1. The van der Waals surface area contributed by atoms with E-state index in [-0.39, 0.29) is 25.5 Å². The number of hydrogen-bond acceptors (Lipinski definition) is 5. The predicted molar refractivity (Wildman–Crippen MR) is 106 cm³/mol. The molecule has 1 aliphatic heterocycles. The summed E-state index contributed by atoms with van der Waals surface area (Å²) in [5, 5.41) is 0. The highest BCUT2D eigenvalue weighted by molar-refractivity contribution is 7.90. The van der Waals surface area contributed by atoms with Gasteiger partial charge in [0.15, 0.2) is 0 Å². The number of carbonyl (C=O) groups excluding carboxylic acids is 1. The van der Waals surface area contributed by atoms with E-state index in [1.54, 1.807) is 30.0 Å². The van der Waals surface area contributed by atoms with Gasteiger partial charge in [-0.15, -0.1) is 0 Å². The predicted octanol–water partition coefficient (Wildman–Crippen LogP) is 2.39. The second kappa shape index (κ2) is 9.03. The normalized spacial score (nSPS) is 15.7. The zero-order chi connectivity index (χ0) is 20.0. The van der Waals surface area contributed by atoms with E-state index < -0.39 is 16.3 Å². The van der Waals surface area contributed by atoms with Crippen LogP contribution in [-0.4, -0.2) is 54.9 Å². The van der Waals surface area contributed by atoms with Crippen molar-refractivity contribution in [3.63, 3.8) is 0 Å². The van der Waals surface area contributed by atoms with Gasteiger partial charge in [0.05, 0.1) is 0 Å². The number of carbonyl (C=O) groups is 1. The zero-order valence-corrected chi connectivity index (χ0v) is 16.6. The Kier molecular flexibility index (Phi) is 6.48. The number of rotatable bonds is 5. The molecule has 8 nitrogen and oxygen atoms in total. The molecule has 1 aromatic carbocycles. The van der Waals surface area contributed by atoms with E-state index >= 15 is 0 Å². The van der Waals surface area contributed by atoms with Crippen molar-refractivity contribution >= 4 is 22.1 Å². The molecule has 3 rings (SSSR count). The molecule has 0 unspecified atom stereocenters. The van der Waals surface area contributed by atoms with Crippen LogP contribution in [0, 0.1) is 6.92 Å². The Morgan fingerprint density at radius 3 is 2.61 bits per heavy atom. The molecule has 2 heterocycles. The number of aryl methyl sites for hydroxylation is 1. The minimum atomic E-state index is -3.74. The largest absolute Gasteiger partial charge is 0.445 e. The van der Waals surface area contributed by atoms with Gasteiger partial charge in [-0.2, -0.15) is 12.7 Å². The van der Waals surface area contributed by atoms with Gasteiger partial charge in [0.25, 0.3) is 0 Å². The van der Waals surface area contributed by atoms with Crippen LogP contribution in [0.3, 0.4) is 0 Å². The molecular weight excluding hydrogens is 380 g/mol. The molecule has 1 amide bonds. The number of pyridine rings is 1. The molecule has 1 saturated heterocycles. The average molecular weight is 404 g/mol. The van der Waals surface area contributed by atoms with E-state index in [4.69, 9.17) is 4.74 Å². The van der Waals surface area contributed by atoms with E-state index in [2.05, 4.69) is 9.71 Å². The summed E-state index contributed by atoms with van der Waals surface area (Å²) in [5.41, 5.74) is 1.63. The second-order valence-corrected chi connectivity index (χ2v) is 8.22. The van der Waals surface area contributed by atoms with Crippen molar-refractivity contribution in [2.75, 3.05) is 30.9 Å². The van der Waals surface area contributed by atoms with Gasteiger partial charge in [-0.1, -0.05) is 36.4 Å². The molecule has 0 aliphatic carbocycles. The SMILES string of the molecule is Cc1cccc(NS(=O)(=O)N2CCCN(C(=O)OCc3ccccc3)CC2)n1. The molecule has 0 atom stereocenters. The van der Waals surface area contributed by atoms with Crippen LogP contribution in [0.4, 0.5) is 10.6 Å². The van der Waals surface area contributed by atoms with Crippen molar-refractivity contribution < 1.29 is 17.9 Å². The van der Waals surface area contributed by atoms with Crippen LogP contribution in [-0.2, 0) is 21.6 Å². The summed E-state index contributed by atoms with van der Waals surface area (Å²) in [6, 6.07) is 14.6. The Morgan fingerprint density at radius 1 is 1.07 bits per heavy atom. The second-order valence-electron chi connectivity index (χ2n) is 6.55. The number of aromatic nitrogens is 1. The van der Waals surface area contributed by atoms with Crippen LogP contribution in [0.25, 0.3) is 0 Å². The van der Waals surface area contributed by atoms with Crippen molar-refractivity contribution in [3.05, 3.63) is 59.8 Å². The number of nitrogens with zero attached hydrogens (tertiary/aromatic N) is 3. The van der Waals surface area contributed by atoms with E-state index in [0.717, 1.165) is 11.3 Å². The Bertz CT molecular complexity index is 905. The van der Waals surface area contributed by atoms with E-state index in [9.17, 15) is 13.2 Å². The molecule has 0 spiro atoms. The molecule has 1 fully saturated rings. The van der Waals surface area contributed by atoms with Gasteiger partial charge in [0.1, 0.15) is 12.4 Å². The van der Waals surface area contributed by atoms with Gasteiger partial charge in [-0.05, 0) is 31.0 Å². The van der Waals surface area contributed by atoms with Crippen molar-refractivity contribution in [1.29, 1.82) is 0 Å². The number of amides is 1. The smallest absolute Gasteiger partial charge is 0.410 e. The maximum atomic E-state index is 12.6. The van der Waals surface area contributed by atoms with Crippen molar-refractivity contribution in [2.24, 2.45) is 0 Å². The fourth-order valence-corrected chi connectivity index (χ4v) is 4.12. The Morgan fingerprint density at radius 2 is 1.86 bits per heavy atom. The highest BCUT2D eigenvalue weighted by Crippen LogP contribution is 2.13. The van der Waals surface area contributed by atoms with Crippen LogP contribution in [0.5, 0.6) is 0 Å².